The smallest absolute Gasteiger partial charge is 0.251 e. The van der Waals surface area contributed by atoms with E-state index >= 15 is 0 Å². The molecule has 0 saturated carbocycles. The first-order valence-corrected chi connectivity index (χ1v) is 8.03. The van der Waals surface area contributed by atoms with E-state index in [2.05, 4.69) is 10.2 Å². The Balaban J connectivity index is 1.70. The largest absolute Gasteiger partial charge is 0.493 e. The molecule has 1 aliphatic rings. The van der Waals surface area contributed by atoms with Crippen LogP contribution in [0.25, 0.3) is 11.5 Å². The van der Waals surface area contributed by atoms with Crippen LogP contribution >= 0.6 is 0 Å². The SMILES string of the molecule is COc1ccc(-c2nnc(CN(C)C(=O)[C@@H]3CCCO3)o2)cc1OC. The molecule has 0 bridgehead atoms. The Bertz CT molecular complexity index is 740. The number of benzene rings is 1. The number of ether oxygens (including phenoxy) is 3. The number of hydrogen-bond acceptors (Lipinski definition) is 7. The van der Waals surface area contributed by atoms with Crippen LogP contribution in [0.5, 0.6) is 11.5 Å². The molecule has 1 aliphatic heterocycles. The molecule has 0 N–H and O–H groups in total. The van der Waals surface area contributed by atoms with Crippen LogP contribution in [0, 0.1) is 0 Å². The molecule has 0 radical (unpaired) electrons. The third-order valence-corrected chi connectivity index (χ3v) is 4.05. The maximum atomic E-state index is 12.3. The monoisotopic (exact) mass is 347 g/mol. The van der Waals surface area contributed by atoms with Gasteiger partial charge in [-0.05, 0) is 31.0 Å². The van der Waals surface area contributed by atoms with Gasteiger partial charge in [-0.15, -0.1) is 10.2 Å². The maximum absolute atomic E-state index is 12.3. The minimum atomic E-state index is -0.363. The average Bonchev–Trinajstić information content (AvgIpc) is 3.32. The van der Waals surface area contributed by atoms with Gasteiger partial charge in [-0.2, -0.15) is 0 Å². The van der Waals surface area contributed by atoms with Crippen LogP contribution in [0.3, 0.4) is 0 Å². The summed E-state index contributed by atoms with van der Waals surface area (Å²) in [5, 5.41) is 8.06. The highest BCUT2D eigenvalue weighted by molar-refractivity contribution is 5.80. The van der Waals surface area contributed by atoms with Crippen molar-refractivity contribution in [1.29, 1.82) is 0 Å². The van der Waals surface area contributed by atoms with Crippen LogP contribution in [0.2, 0.25) is 0 Å². The average molecular weight is 347 g/mol. The van der Waals surface area contributed by atoms with Crippen LogP contribution < -0.4 is 9.47 Å². The van der Waals surface area contributed by atoms with Gasteiger partial charge in [0.1, 0.15) is 6.10 Å². The molecular weight excluding hydrogens is 326 g/mol. The number of nitrogens with zero attached hydrogens (tertiary/aromatic N) is 3. The fraction of sp³-hybridized carbons (Fsp3) is 0.471. The standard InChI is InChI=1S/C17H21N3O5/c1-20(17(21)13-5-4-8-24-13)10-15-18-19-16(25-15)11-6-7-12(22-2)14(9-11)23-3/h6-7,9,13H,4-5,8,10H2,1-3H3/t13-/m0/s1. The van der Waals surface area contributed by atoms with E-state index in [4.69, 9.17) is 18.6 Å². The number of likely N-dealkylation sites (N-methyl/N-ethyl adjacent to an activating group) is 1. The highest BCUT2D eigenvalue weighted by Crippen LogP contribution is 2.31. The molecule has 1 aromatic carbocycles. The third kappa shape index (κ3) is 3.74. The van der Waals surface area contributed by atoms with Gasteiger partial charge in [0.05, 0.1) is 20.8 Å². The van der Waals surface area contributed by atoms with Crippen LogP contribution in [0.1, 0.15) is 18.7 Å². The summed E-state index contributed by atoms with van der Waals surface area (Å²) in [6.07, 6.45) is 1.30. The van der Waals surface area contributed by atoms with E-state index in [-0.39, 0.29) is 18.6 Å². The van der Waals surface area contributed by atoms with Crippen molar-refractivity contribution < 1.29 is 23.4 Å². The molecule has 2 heterocycles. The first-order valence-electron chi connectivity index (χ1n) is 8.03. The molecule has 3 rings (SSSR count). The molecule has 1 amide bonds. The lowest BCUT2D eigenvalue weighted by Crippen LogP contribution is -2.35. The van der Waals surface area contributed by atoms with Crippen molar-refractivity contribution in [3.8, 4) is 23.0 Å². The Hall–Kier alpha value is -2.61. The van der Waals surface area contributed by atoms with Crippen molar-refractivity contribution >= 4 is 5.91 Å². The number of carbonyl (C=O) groups excluding carboxylic acids is 1. The van der Waals surface area contributed by atoms with Gasteiger partial charge >= 0.3 is 0 Å². The van der Waals surface area contributed by atoms with Crippen molar-refractivity contribution in [2.75, 3.05) is 27.9 Å². The summed E-state index contributed by atoms with van der Waals surface area (Å²) >= 11 is 0. The first-order chi connectivity index (χ1) is 12.1. The lowest BCUT2D eigenvalue weighted by atomic mass is 10.2. The second-order valence-corrected chi connectivity index (χ2v) is 5.77. The number of rotatable bonds is 6. The molecule has 1 saturated heterocycles. The molecule has 2 aromatic rings. The Morgan fingerprint density at radius 1 is 1.28 bits per heavy atom. The second kappa shape index (κ2) is 7.52. The molecule has 134 valence electrons. The molecule has 1 fully saturated rings. The molecule has 25 heavy (non-hydrogen) atoms. The number of methoxy groups -OCH3 is 2. The van der Waals surface area contributed by atoms with Gasteiger partial charge in [-0.3, -0.25) is 4.79 Å². The van der Waals surface area contributed by atoms with E-state index in [1.54, 1.807) is 44.4 Å². The van der Waals surface area contributed by atoms with Crippen LogP contribution in [0.4, 0.5) is 0 Å². The zero-order chi connectivity index (χ0) is 17.8. The molecule has 1 atom stereocenters. The van der Waals surface area contributed by atoms with Crippen LogP contribution in [-0.4, -0.2) is 55.0 Å². The molecule has 0 spiro atoms. The highest BCUT2D eigenvalue weighted by atomic mass is 16.5. The fourth-order valence-corrected chi connectivity index (χ4v) is 2.70. The minimum absolute atomic E-state index is 0.0663. The summed E-state index contributed by atoms with van der Waals surface area (Å²) in [5.74, 6) is 1.84. The molecular formula is C17H21N3O5. The minimum Gasteiger partial charge on any atom is -0.493 e. The molecule has 0 aliphatic carbocycles. The third-order valence-electron chi connectivity index (χ3n) is 4.05. The van der Waals surface area contributed by atoms with Crippen molar-refractivity contribution in [2.45, 2.75) is 25.5 Å². The summed E-state index contributed by atoms with van der Waals surface area (Å²) in [6, 6.07) is 5.34. The van der Waals surface area contributed by atoms with Gasteiger partial charge in [0.2, 0.25) is 11.8 Å². The fourth-order valence-electron chi connectivity index (χ4n) is 2.70. The van der Waals surface area contributed by atoms with Crippen molar-refractivity contribution in [3.63, 3.8) is 0 Å². The Labute approximate surface area is 145 Å². The lowest BCUT2D eigenvalue weighted by Gasteiger charge is -2.18. The second-order valence-electron chi connectivity index (χ2n) is 5.77. The summed E-state index contributed by atoms with van der Waals surface area (Å²) < 4.78 is 21.6. The van der Waals surface area contributed by atoms with E-state index in [0.29, 0.717) is 35.5 Å². The summed E-state index contributed by atoms with van der Waals surface area (Å²) in [5.41, 5.74) is 0.713. The van der Waals surface area contributed by atoms with Gasteiger partial charge in [0.15, 0.2) is 11.5 Å². The molecule has 1 aromatic heterocycles. The summed E-state index contributed by atoms with van der Waals surface area (Å²) in [4.78, 5) is 13.8. The van der Waals surface area contributed by atoms with E-state index in [0.717, 1.165) is 12.8 Å². The molecule has 8 nitrogen and oxygen atoms in total. The van der Waals surface area contributed by atoms with E-state index in [9.17, 15) is 4.79 Å². The number of aromatic nitrogens is 2. The van der Waals surface area contributed by atoms with Gasteiger partial charge in [-0.1, -0.05) is 0 Å². The Morgan fingerprint density at radius 2 is 2.08 bits per heavy atom. The van der Waals surface area contributed by atoms with Gasteiger partial charge in [0.25, 0.3) is 5.91 Å². The summed E-state index contributed by atoms with van der Waals surface area (Å²) in [6.45, 7) is 0.868. The van der Waals surface area contributed by atoms with Crippen LogP contribution in [-0.2, 0) is 16.1 Å². The molecule has 0 unspecified atom stereocenters. The zero-order valence-electron chi connectivity index (χ0n) is 14.5. The zero-order valence-corrected chi connectivity index (χ0v) is 14.5. The van der Waals surface area contributed by atoms with E-state index in [1.165, 1.54) is 0 Å². The Morgan fingerprint density at radius 3 is 2.76 bits per heavy atom. The number of carbonyl (C=O) groups is 1. The maximum Gasteiger partial charge on any atom is 0.251 e. The normalized spacial score (nSPS) is 16.7. The summed E-state index contributed by atoms with van der Waals surface area (Å²) in [7, 11) is 4.83. The van der Waals surface area contributed by atoms with E-state index < -0.39 is 0 Å². The predicted molar refractivity (Wildman–Crippen MR) is 88.3 cm³/mol. The van der Waals surface area contributed by atoms with Crippen LogP contribution in [0.15, 0.2) is 22.6 Å². The van der Waals surface area contributed by atoms with Crippen molar-refractivity contribution in [1.82, 2.24) is 15.1 Å². The predicted octanol–water partition coefficient (Wildman–Crippen LogP) is 1.89. The topological polar surface area (TPSA) is 86.9 Å². The lowest BCUT2D eigenvalue weighted by molar-refractivity contribution is -0.140. The van der Waals surface area contributed by atoms with Gasteiger partial charge in [-0.25, -0.2) is 0 Å². The Kier molecular flexibility index (Phi) is 5.18. The highest BCUT2D eigenvalue weighted by Gasteiger charge is 2.27. The van der Waals surface area contributed by atoms with Crippen molar-refractivity contribution in [2.24, 2.45) is 0 Å². The van der Waals surface area contributed by atoms with Gasteiger partial charge < -0.3 is 23.5 Å². The van der Waals surface area contributed by atoms with E-state index in [1.807, 2.05) is 0 Å². The quantitative estimate of drug-likeness (QED) is 0.788. The van der Waals surface area contributed by atoms with Crippen molar-refractivity contribution in [3.05, 3.63) is 24.1 Å². The number of amides is 1. The first kappa shape index (κ1) is 17.2. The molecule has 8 heteroatoms. The van der Waals surface area contributed by atoms with Gasteiger partial charge in [0, 0.05) is 19.2 Å². The number of hydrogen-bond donors (Lipinski definition) is 0.